The zero-order valence-corrected chi connectivity index (χ0v) is 19.1. The van der Waals surface area contributed by atoms with Crippen molar-refractivity contribution in [3.05, 3.63) is 76.7 Å². The Bertz CT molecular complexity index is 1500. The first kappa shape index (κ1) is 21.6. The summed E-state index contributed by atoms with van der Waals surface area (Å²) in [6, 6.07) is 14.4. The van der Waals surface area contributed by atoms with Crippen molar-refractivity contribution >= 4 is 57.2 Å². The molecule has 0 amide bonds. The van der Waals surface area contributed by atoms with Crippen LogP contribution in [0.15, 0.2) is 66.3 Å². The minimum atomic E-state index is 0.292. The molecule has 34 heavy (non-hydrogen) atoms. The van der Waals surface area contributed by atoms with Crippen molar-refractivity contribution in [3.8, 4) is 34.3 Å². The van der Waals surface area contributed by atoms with Crippen molar-refractivity contribution in [1.29, 1.82) is 0 Å². The lowest BCUT2D eigenvalue weighted by Gasteiger charge is -2.08. The SMILES string of the molecule is O=COc1ccnc(-c2cc(OC=O)cc(-c3cc(/C=C/c4cc5ccsc5s4)ccn3)n2)c1. The minimum absolute atomic E-state index is 0.292. The van der Waals surface area contributed by atoms with Gasteiger partial charge in [0, 0.05) is 40.9 Å². The van der Waals surface area contributed by atoms with Gasteiger partial charge < -0.3 is 9.47 Å². The molecule has 0 aliphatic heterocycles. The van der Waals surface area contributed by atoms with Gasteiger partial charge in [-0.3, -0.25) is 19.6 Å². The number of nitrogens with zero attached hydrogens (tertiary/aromatic N) is 3. The number of aromatic nitrogens is 3. The van der Waals surface area contributed by atoms with Gasteiger partial charge in [0.05, 0.1) is 26.8 Å². The first-order valence-corrected chi connectivity index (χ1v) is 11.7. The van der Waals surface area contributed by atoms with Crippen LogP contribution in [0.4, 0.5) is 0 Å². The second kappa shape index (κ2) is 9.74. The number of carbonyl (C=O) groups excluding carboxylic acids is 2. The Balaban J connectivity index is 1.49. The average Bonchev–Trinajstić information content (AvgIpc) is 3.46. The molecule has 0 bridgehead atoms. The molecule has 5 aromatic heterocycles. The summed E-state index contributed by atoms with van der Waals surface area (Å²) in [4.78, 5) is 36.2. The maximum atomic E-state index is 11.0. The van der Waals surface area contributed by atoms with Crippen LogP contribution < -0.4 is 9.47 Å². The maximum absolute atomic E-state index is 11.0. The molecule has 0 fully saturated rings. The van der Waals surface area contributed by atoms with Crippen LogP contribution in [0, 0.1) is 0 Å². The number of ether oxygens (including phenoxy) is 2. The predicted octanol–water partition coefficient (Wildman–Crippen LogP) is 5.72. The van der Waals surface area contributed by atoms with Crippen molar-refractivity contribution in [3.63, 3.8) is 0 Å². The second-order valence-electron chi connectivity index (χ2n) is 7.00. The molecule has 5 rings (SSSR count). The van der Waals surface area contributed by atoms with Gasteiger partial charge >= 0.3 is 0 Å². The standard InChI is InChI=1S/C25H15N3O4S2/c29-14-31-18-4-7-27-22(11-18)24-13-19(32-15-30)12-23(28-24)21-9-16(3-6-26-21)1-2-20-10-17-5-8-33-25(17)34-20/h1-15H/b2-1+. The highest BCUT2D eigenvalue weighted by molar-refractivity contribution is 7.37. The topological polar surface area (TPSA) is 91.3 Å². The highest BCUT2D eigenvalue weighted by Crippen LogP contribution is 2.32. The average molecular weight is 486 g/mol. The van der Waals surface area contributed by atoms with Gasteiger partial charge in [-0.05, 0) is 47.4 Å². The molecule has 5 aromatic rings. The summed E-state index contributed by atoms with van der Waals surface area (Å²) in [6.07, 6.45) is 7.30. The number of fused-ring (bicyclic) bond motifs is 1. The number of rotatable bonds is 8. The van der Waals surface area contributed by atoms with E-state index in [4.69, 9.17) is 9.47 Å². The van der Waals surface area contributed by atoms with Crippen molar-refractivity contribution in [2.45, 2.75) is 0 Å². The van der Waals surface area contributed by atoms with Crippen LogP contribution in [-0.4, -0.2) is 27.9 Å². The van der Waals surface area contributed by atoms with E-state index in [1.165, 1.54) is 20.5 Å². The molecule has 0 aliphatic rings. The van der Waals surface area contributed by atoms with Gasteiger partial charge in [-0.1, -0.05) is 6.08 Å². The quantitative estimate of drug-likeness (QED) is 0.260. The zero-order valence-electron chi connectivity index (χ0n) is 17.5. The van der Waals surface area contributed by atoms with Gasteiger partial charge in [0.1, 0.15) is 11.5 Å². The molecule has 0 unspecified atom stereocenters. The van der Waals surface area contributed by atoms with Crippen LogP contribution in [-0.2, 0) is 9.59 Å². The first-order chi connectivity index (χ1) is 16.7. The lowest BCUT2D eigenvalue weighted by Crippen LogP contribution is -1.97. The van der Waals surface area contributed by atoms with Crippen LogP contribution in [0.5, 0.6) is 11.5 Å². The van der Waals surface area contributed by atoms with Crippen LogP contribution in [0.3, 0.4) is 0 Å². The Morgan fingerprint density at radius 3 is 2.21 bits per heavy atom. The van der Waals surface area contributed by atoms with E-state index < -0.39 is 0 Å². The molecule has 0 aliphatic carbocycles. The fourth-order valence-corrected chi connectivity index (χ4v) is 5.34. The first-order valence-electron chi connectivity index (χ1n) is 10.0. The summed E-state index contributed by atoms with van der Waals surface area (Å²) >= 11 is 3.49. The summed E-state index contributed by atoms with van der Waals surface area (Å²) in [5.41, 5.74) is 2.95. The summed E-state index contributed by atoms with van der Waals surface area (Å²) in [5, 5.41) is 3.35. The highest BCUT2D eigenvalue weighted by Gasteiger charge is 2.11. The van der Waals surface area contributed by atoms with Crippen LogP contribution in [0.2, 0.25) is 0 Å². The largest absolute Gasteiger partial charge is 0.429 e. The van der Waals surface area contributed by atoms with Gasteiger partial charge in [0.2, 0.25) is 0 Å². The fourth-order valence-electron chi connectivity index (χ4n) is 3.31. The molecule has 5 heterocycles. The van der Waals surface area contributed by atoms with E-state index in [0.29, 0.717) is 47.2 Å². The Kier molecular flexibility index (Phi) is 6.19. The van der Waals surface area contributed by atoms with Gasteiger partial charge in [0.15, 0.2) is 0 Å². The van der Waals surface area contributed by atoms with Crippen molar-refractivity contribution in [2.75, 3.05) is 0 Å². The summed E-state index contributed by atoms with van der Waals surface area (Å²) in [7, 11) is 0. The molecule has 0 radical (unpaired) electrons. The predicted molar refractivity (Wildman–Crippen MR) is 133 cm³/mol. The van der Waals surface area contributed by atoms with Crippen LogP contribution >= 0.6 is 22.7 Å². The zero-order chi connectivity index (χ0) is 23.3. The molecule has 0 saturated heterocycles. The van der Waals surface area contributed by atoms with Crippen molar-refractivity contribution < 1.29 is 19.1 Å². The molecule has 166 valence electrons. The molecule has 0 spiro atoms. The van der Waals surface area contributed by atoms with Gasteiger partial charge in [-0.2, -0.15) is 0 Å². The molecular weight excluding hydrogens is 470 g/mol. The summed E-state index contributed by atoms with van der Waals surface area (Å²) < 4.78 is 11.3. The number of hydrogen-bond donors (Lipinski definition) is 0. The molecule has 0 saturated carbocycles. The van der Waals surface area contributed by atoms with E-state index in [-0.39, 0.29) is 0 Å². The molecule has 0 N–H and O–H groups in total. The Hall–Kier alpha value is -4.21. The highest BCUT2D eigenvalue weighted by atomic mass is 32.2. The van der Waals surface area contributed by atoms with E-state index in [1.807, 2.05) is 18.2 Å². The number of carbonyl (C=O) groups is 2. The molecule has 9 heteroatoms. The molecular formula is C25H15N3O4S2. The van der Waals surface area contributed by atoms with Gasteiger partial charge in [0.25, 0.3) is 12.9 Å². The Morgan fingerprint density at radius 1 is 0.735 bits per heavy atom. The third-order valence-electron chi connectivity index (χ3n) is 4.81. The molecule has 0 aromatic carbocycles. The Morgan fingerprint density at radius 2 is 1.44 bits per heavy atom. The molecule has 7 nitrogen and oxygen atoms in total. The third kappa shape index (κ3) is 4.75. The number of hydrogen-bond acceptors (Lipinski definition) is 9. The van der Waals surface area contributed by atoms with Gasteiger partial charge in [-0.15, -0.1) is 22.7 Å². The van der Waals surface area contributed by atoms with Crippen LogP contribution in [0.25, 0.3) is 44.3 Å². The van der Waals surface area contributed by atoms with Gasteiger partial charge in [-0.25, -0.2) is 4.98 Å². The second-order valence-corrected chi connectivity index (χ2v) is 9.26. The number of pyridine rings is 3. The van der Waals surface area contributed by atoms with E-state index in [9.17, 15) is 9.59 Å². The Labute approximate surface area is 202 Å². The van der Waals surface area contributed by atoms with E-state index in [1.54, 1.807) is 53.1 Å². The normalized spacial score (nSPS) is 11.1. The van der Waals surface area contributed by atoms with Crippen LogP contribution in [0.1, 0.15) is 10.4 Å². The summed E-state index contributed by atoms with van der Waals surface area (Å²) in [6.45, 7) is 0.687. The lowest BCUT2D eigenvalue weighted by molar-refractivity contribution is -0.121. The number of thiophene rings is 2. The summed E-state index contributed by atoms with van der Waals surface area (Å²) in [5.74, 6) is 0.615. The third-order valence-corrected chi connectivity index (χ3v) is 6.99. The fraction of sp³-hybridized carbons (Fsp3) is 0. The van der Waals surface area contributed by atoms with Crippen molar-refractivity contribution in [1.82, 2.24) is 15.0 Å². The molecule has 0 atom stereocenters. The smallest absolute Gasteiger partial charge is 0.298 e. The van der Waals surface area contributed by atoms with Crippen molar-refractivity contribution in [2.24, 2.45) is 0 Å². The lowest BCUT2D eigenvalue weighted by atomic mass is 10.1. The van der Waals surface area contributed by atoms with E-state index >= 15 is 0 Å². The monoisotopic (exact) mass is 485 g/mol. The van der Waals surface area contributed by atoms with E-state index in [0.717, 1.165) is 5.56 Å². The maximum Gasteiger partial charge on any atom is 0.298 e. The minimum Gasteiger partial charge on any atom is -0.429 e. The van der Waals surface area contributed by atoms with E-state index in [2.05, 4.69) is 38.5 Å².